The molecule has 6 nitrogen and oxygen atoms in total. The Labute approximate surface area is 142 Å². The fourth-order valence-corrected chi connectivity index (χ4v) is 2.96. The lowest BCUT2D eigenvalue weighted by Gasteiger charge is -2.05. The lowest BCUT2D eigenvalue weighted by Crippen LogP contribution is -2.20. The van der Waals surface area contributed by atoms with Crippen molar-refractivity contribution < 1.29 is 19.1 Å². The molecule has 2 heterocycles. The van der Waals surface area contributed by atoms with E-state index in [2.05, 4.69) is 5.10 Å². The molecule has 0 radical (unpaired) electrons. The smallest absolute Gasteiger partial charge is 0.440 e. The fourth-order valence-electron chi connectivity index (χ4n) is 2.24. The molecule has 122 valence electrons. The molecular weight excluding hydrogens is 328 g/mol. The Morgan fingerprint density at radius 1 is 1.12 bits per heavy atom. The molecule has 0 N–H and O–H groups in total. The molecule has 0 bridgehead atoms. The summed E-state index contributed by atoms with van der Waals surface area (Å²) in [5.74, 6) is -0.149. The van der Waals surface area contributed by atoms with Crippen LogP contribution in [0.2, 0.25) is 0 Å². The van der Waals surface area contributed by atoms with Gasteiger partial charge in [-0.2, -0.15) is 9.78 Å². The summed E-state index contributed by atoms with van der Waals surface area (Å²) >= 11 is 1.42. The van der Waals surface area contributed by atoms with Gasteiger partial charge in [0.15, 0.2) is 0 Å². The molecule has 1 aromatic carbocycles. The summed E-state index contributed by atoms with van der Waals surface area (Å²) in [6.07, 6.45) is -0.688. The number of para-hydroxylation sites is 1. The molecule has 0 unspecified atom stereocenters. The van der Waals surface area contributed by atoms with E-state index in [0.717, 1.165) is 9.56 Å². The van der Waals surface area contributed by atoms with E-state index in [4.69, 9.17) is 9.47 Å². The number of ether oxygens (including phenoxy) is 2. The van der Waals surface area contributed by atoms with Gasteiger partial charge in [0.2, 0.25) is 0 Å². The number of esters is 1. The number of rotatable bonds is 3. The summed E-state index contributed by atoms with van der Waals surface area (Å²) in [6.45, 7) is 1.63. The van der Waals surface area contributed by atoms with Crippen LogP contribution in [0.25, 0.3) is 10.6 Å². The zero-order valence-electron chi connectivity index (χ0n) is 13.1. The van der Waals surface area contributed by atoms with Crippen LogP contribution in [0, 0.1) is 6.92 Å². The van der Waals surface area contributed by atoms with Crippen molar-refractivity contribution in [3.63, 3.8) is 0 Å². The predicted molar refractivity (Wildman–Crippen MR) is 89.5 cm³/mol. The second kappa shape index (κ2) is 6.67. The fraction of sp³-hybridized carbons (Fsp3) is 0.118. The van der Waals surface area contributed by atoms with Crippen molar-refractivity contribution in [1.82, 2.24) is 9.78 Å². The zero-order chi connectivity index (χ0) is 17.1. The van der Waals surface area contributed by atoms with Crippen molar-refractivity contribution in [2.75, 3.05) is 7.11 Å². The molecule has 0 saturated carbocycles. The van der Waals surface area contributed by atoms with E-state index in [-0.39, 0.29) is 5.56 Å². The molecule has 0 aliphatic rings. The zero-order valence-corrected chi connectivity index (χ0v) is 13.9. The number of aromatic nitrogens is 2. The Morgan fingerprint density at radius 2 is 1.88 bits per heavy atom. The second-order valence-corrected chi connectivity index (χ2v) is 5.82. The van der Waals surface area contributed by atoms with E-state index >= 15 is 0 Å². The molecule has 0 amide bonds. The first kappa shape index (κ1) is 15.9. The maximum absolute atomic E-state index is 12.4. The van der Waals surface area contributed by atoms with Gasteiger partial charge in [-0.25, -0.2) is 9.59 Å². The van der Waals surface area contributed by atoms with Gasteiger partial charge in [0.05, 0.1) is 17.7 Å². The molecule has 7 heteroatoms. The summed E-state index contributed by atoms with van der Waals surface area (Å²) in [4.78, 5) is 25.3. The molecule has 0 spiro atoms. The van der Waals surface area contributed by atoms with Gasteiger partial charge in [-0.15, -0.1) is 11.3 Å². The van der Waals surface area contributed by atoms with Crippen LogP contribution in [0.4, 0.5) is 4.79 Å². The van der Waals surface area contributed by atoms with E-state index in [1.54, 1.807) is 31.2 Å². The summed E-state index contributed by atoms with van der Waals surface area (Å²) in [7, 11) is 1.29. The third-order valence-electron chi connectivity index (χ3n) is 3.38. The molecule has 0 saturated heterocycles. The Balaban J connectivity index is 2.02. The van der Waals surface area contributed by atoms with E-state index in [0.29, 0.717) is 17.1 Å². The highest BCUT2D eigenvalue weighted by atomic mass is 32.1. The minimum atomic E-state index is -0.688. The van der Waals surface area contributed by atoms with Crippen molar-refractivity contribution in [3.8, 4) is 16.3 Å². The van der Waals surface area contributed by atoms with E-state index in [1.807, 2.05) is 23.6 Å². The monoisotopic (exact) mass is 342 g/mol. The number of carbonyl (C=O) groups excluding carboxylic acids is 2. The van der Waals surface area contributed by atoms with Gasteiger partial charge in [0.25, 0.3) is 0 Å². The number of methoxy groups -OCH3 is 1. The minimum absolute atomic E-state index is 0.255. The highest BCUT2D eigenvalue weighted by Gasteiger charge is 2.26. The highest BCUT2D eigenvalue weighted by molar-refractivity contribution is 7.13. The summed E-state index contributed by atoms with van der Waals surface area (Å²) in [5.41, 5.74) is 1.02. The van der Waals surface area contributed by atoms with Gasteiger partial charge in [-0.3, -0.25) is 0 Å². The molecule has 0 atom stereocenters. The van der Waals surface area contributed by atoms with E-state index in [9.17, 15) is 9.59 Å². The van der Waals surface area contributed by atoms with Crippen molar-refractivity contribution in [1.29, 1.82) is 0 Å². The average Bonchev–Trinajstić information content (AvgIpc) is 3.22. The summed E-state index contributed by atoms with van der Waals surface area (Å²) in [5, 5.41) is 6.14. The van der Waals surface area contributed by atoms with Crippen molar-refractivity contribution in [2.45, 2.75) is 6.92 Å². The number of thiophene rings is 1. The van der Waals surface area contributed by atoms with Gasteiger partial charge in [0.1, 0.15) is 17.0 Å². The van der Waals surface area contributed by atoms with Crippen LogP contribution in [-0.4, -0.2) is 29.0 Å². The van der Waals surface area contributed by atoms with E-state index in [1.165, 1.54) is 18.4 Å². The van der Waals surface area contributed by atoms with Gasteiger partial charge in [-0.1, -0.05) is 24.3 Å². The molecule has 24 heavy (non-hydrogen) atoms. The SMILES string of the molecule is COC(=O)c1c(-c2cccs2)nn(C(=O)Oc2ccccc2)c1C. The Bertz CT molecular complexity index is 870. The number of hydrogen-bond donors (Lipinski definition) is 0. The van der Waals surface area contributed by atoms with Gasteiger partial charge < -0.3 is 9.47 Å². The maximum Gasteiger partial charge on any atom is 0.440 e. The predicted octanol–water partition coefficient (Wildman–Crippen LogP) is 3.75. The minimum Gasteiger partial charge on any atom is -0.465 e. The van der Waals surface area contributed by atoms with Crippen LogP contribution in [0.1, 0.15) is 16.1 Å². The lowest BCUT2D eigenvalue weighted by atomic mass is 10.1. The van der Waals surface area contributed by atoms with Gasteiger partial charge in [-0.05, 0) is 30.5 Å². The molecule has 0 fully saturated rings. The normalized spacial score (nSPS) is 10.4. The number of benzene rings is 1. The highest BCUT2D eigenvalue weighted by Crippen LogP contribution is 2.29. The molecule has 3 aromatic rings. The van der Waals surface area contributed by atoms with Crippen molar-refractivity contribution in [2.24, 2.45) is 0 Å². The van der Waals surface area contributed by atoms with Gasteiger partial charge in [0, 0.05) is 0 Å². The molecule has 2 aromatic heterocycles. The van der Waals surface area contributed by atoms with Crippen LogP contribution in [-0.2, 0) is 4.74 Å². The maximum atomic E-state index is 12.4. The number of hydrogen-bond acceptors (Lipinski definition) is 6. The topological polar surface area (TPSA) is 70.4 Å². The average molecular weight is 342 g/mol. The van der Waals surface area contributed by atoms with Crippen molar-refractivity contribution >= 4 is 23.4 Å². The van der Waals surface area contributed by atoms with E-state index < -0.39 is 12.1 Å². The Morgan fingerprint density at radius 3 is 2.50 bits per heavy atom. The molecule has 3 rings (SSSR count). The second-order valence-electron chi connectivity index (χ2n) is 4.87. The Kier molecular flexibility index (Phi) is 4.43. The molecule has 0 aliphatic carbocycles. The standard InChI is InChI=1S/C17H14N2O4S/c1-11-14(16(20)22-2)15(13-9-6-10-24-13)18-19(11)17(21)23-12-7-4-3-5-8-12/h3-10H,1-2H3. The van der Waals surface area contributed by atoms with Crippen LogP contribution in [0.15, 0.2) is 47.8 Å². The molecule has 0 aliphatic heterocycles. The first-order chi connectivity index (χ1) is 11.6. The van der Waals surface area contributed by atoms with Crippen LogP contribution >= 0.6 is 11.3 Å². The quantitative estimate of drug-likeness (QED) is 0.678. The summed E-state index contributed by atoms with van der Waals surface area (Å²) in [6, 6.07) is 12.3. The van der Waals surface area contributed by atoms with Crippen LogP contribution in [0.5, 0.6) is 5.75 Å². The van der Waals surface area contributed by atoms with Crippen LogP contribution in [0.3, 0.4) is 0 Å². The Hall–Kier alpha value is -2.93. The van der Waals surface area contributed by atoms with Crippen molar-refractivity contribution in [3.05, 3.63) is 59.1 Å². The number of carbonyl (C=O) groups is 2. The molecular formula is C17H14N2O4S. The first-order valence-corrected chi connectivity index (χ1v) is 7.99. The third-order valence-corrected chi connectivity index (χ3v) is 4.26. The first-order valence-electron chi connectivity index (χ1n) is 7.11. The number of nitrogens with zero attached hydrogens (tertiary/aromatic N) is 2. The van der Waals surface area contributed by atoms with Gasteiger partial charge >= 0.3 is 12.1 Å². The largest absolute Gasteiger partial charge is 0.465 e. The summed E-state index contributed by atoms with van der Waals surface area (Å²) < 4.78 is 11.2. The lowest BCUT2D eigenvalue weighted by molar-refractivity contribution is 0.0601. The van der Waals surface area contributed by atoms with Crippen LogP contribution < -0.4 is 4.74 Å². The third kappa shape index (κ3) is 2.93.